The summed E-state index contributed by atoms with van der Waals surface area (Å²) in [6, 6.07) is 14.5. The average molecular weight is 428 g/mol. The Morgan fingerprint density at radius 2 is 1.86 bits per heavy atom. The summed E-state index contributed by atoms with van der Waals surface area (Å²) in [4.78, 5) is 31.2. The summed E-state index contributed by atoms with van der Waals surface area (Å²) < 4.78 is 0. The standard InChI is InChI=1S/C22H22ClN3O2S/c1-3-26(4-2)22(28)16-8-6-10-18(12-16)24-20(27)13-19-14-29-21(25-19)15-7-5-9-17(23)11-15/h5-12,14H,3-4,13H2,1-2H3,(H,24,27). The van der Waals surface area contributed by atoms with E-state index in [9.17, 15) is 9.59 Å². The number of benzene rings is 2. The summed E-state index contributed by atoms with van der Waals surface area (Å²) in [7, 11) is 0. The highest BCUT2D eigenvalue weighted by atomic mass is 35.5. The number of aromatic nitrogens is 1. The highest BCUT2D eigenvalue weighted by Crippen LogP contribution is 2.26. The van der Waals surface area contributed by atoms with E-state index in [1.807, 2.05) is 43.5 Å². The van der Waals surface area contributed by atoms with Crippen LogP contribution in [0.3, 0.4) is 0 Å². The summed E-state index contributed by atoms with van der Waals surface area (Å²) in [6.45, 7) is 5.17. The molecule has 0 spiro atoms. The second-order valence-corrected chi connectivity index (χ2v) is 7.73. The lowest BCUT2D eigenvalue weighted by atomic mass is 10.1. The molecule has 3 aromatic rings. The first kappa shape index (κ1) is 21.0. The van der Waals surface area contributed by atoms with E-state index in [4.69, 9.17) is 11.6 Å². The second kappa shape index (κ2) is 9.67. The number of thiazole rings is 1. The van der Waals surface area contributed by atoms with E-state index >= 15 is 0 Å². The summed E-state index contributed by atoms with van der Waals surface area (Å²) in [5.41, 5.74) is 2.77. The number of carbonyl (C=O) groups excluding carboxylic acids is 2. The van der Waals surface area contributed by atoms with Crippen molar-refractivity contribution in [3.63, 3.8) is 0 Å². The zero-order chi connectivity index (χ0) is 20.8. The fourth-order valence-corrected chi connectivity index (χ4v) is 3.94. The summed E-state index contributed by atoms with van der Waals surface area (Å²) in [6.07, 6.45) is 0.158. The highest BCUT2D eigenvalue weighted by molar-refractivity contribution is 7.13. The fourth-order valence-electron chi connectivity index (χ4n) is 2.94. The third-order valence-electron chi connectivity index (χ3n) is 4.41. The number of carbonyl (C=O) groups is 2. The number of anilines is 1. The molecule has 3 rings (SSSR count). The van der Waals surface area contributed by atoms with Crippen LogP contribution in [0.25, 0.3) is 10.6 Å². The van der Waals surface area contributed by atoms with E-state index in [1.165, 1.54) is 11.3 Å². The maximum absolute atomic E-state index is 12.5. The van der Waals surface area contributed by atoms with Crippen LogP contribution in [-0.2, 0) is 11.2 Å². The predicted octanol–water partition coefficient (Wildman–Crippen LogP) is 5.13. The molecule has 2 amide bonds. The number of rotatable bonds is 7. The highest BCUT2D eigenvalue weighted by Gasteiger charge is 2.14. The molecular formula is C22H22ClN3O2S. The Morgan fingerprint density at radius 1 is 1.10 bits per heavy atom. The Bertz CT molecular complexity index is 1010. The van der Waals surface area contributed by atoms with E-state index in [0.29, 0.717) is 35.1 Å². The predicted molar refractivity (Wildman–Crippen MR) is 119 cm³/mol. The topological polar surface area (TPSA) is 62.3 Å². The van der Waals surface area contributed by atoms with E-state index in [0.717, 1.165) is 10.6 Å². The number of hydrogen-bond donors (Lipinski definition) is 1. The van der Waals surface area contributed by atoms with Crippen molar-refractivity contribution in [1.82, 2.24) is 9.88 Å². The van der Waals surface area contributed by atoms with Crippen molar-refractivity contribution in [3.05, 3.63) is 70.2 Å². The minimum absolute atomic E-state index is 0.0447. The van der Waals surface area contributed by atoms with E-state index in [-0.39, 0.29) is 18.2 Å². The first-order valence-electron chi connectivity index (χ1n) is 9.39. The van der Waals surface area contributed by atoms with Crippen LogP contribution in [0.1, 0.15) is 29.9 Å². The molecule has 29 heavy (non-hydrogen) atoms. The van der Waals surface area contributed by atoms with Gasteiger partial charge in [-0.2, -0.15) is 0 Å². The Morgan fingerprint density at radius 3 is 2.59 bits per heavy atom. The van der Waals surface area contributed by atoms with Gasteiger partial charge in [-0.15, -0.1) is 11.3 Å². The first-order chi connectivity index (χ1) is 14.0. The van der Waals surface area contributed by atoms with Gasteiger partial charge in [0.15, 0.2) is 0 Å². The molecule has 150 valence electrons. The molecule has 1 aromatic heterocycles. The summed E-state index contributed by atoms with van der Waals surface area (Å²) in [5.74, 6) is -0.225. The maximum Gasteiger partial charge on any atom is 0.253 e. The molecule has 0 radical (unpaired) electrons. The van der Waals surface area contributed by atoms with Crippen LogP contribution >= 0.6 is 22.9 Å². The van der Waals surface area contributed by atoms with Gasteiger partial charge in [-0.3, -0.25) is 9.59 Å². The van der Waals surface area contributed by atoms with Gasteiger partial charge in [0, 0.05) is 40.3 Å². The Hall–Kier alpha value is -2.70. The van der Waals surface area contributed by atoms with Crippen LogP contribution in [0.2, 0.25) is 5.02 Å². The van der Waals surface area contributed by atoms with Gasteiger partial charge in [0.25, 0.3) is 5.91 Å². The SMILES string of the molecule is CCN(CC)C(=O)c1cccc(NC(=O)Cc2csc(-c3cccc(Cl)c3)n2)c1. The van der Waals surface area contributed by atoms with Crippen LogP contribution < -0.4 is 5.32 Å². The largest absolute Gasteiger partial charge is 0.339 e. The van der Waals surface area contributed by atoms with Crippen molar-refractivity contribution in [2.75, 3.05) is 18.4 Å². The van der Waals surface area contributed by atoms with Crippen molar-refractivity contribution in [2.24, 2.45) is 0 Å². The zero-order valence-corrected chi connectivity index (χ0v) is 17.9. The van der Waals surface area contributed by atoms with Crippen molar-refractivity contribution < 1.29 is 9.59 Å². The van der Waals surface area contributed by atoms with Crippen molar-refractivity contribution in [2.45, 2.75) is 20.3 Å². The Balaban J connectivity index is 1.66. The molecule has 2 aromatic carbocycles. The lowest BCUT2D eigenvalue weighted by Gasteiger charge is -2.19. The lowest BCUT2D eigenvalue weighted by Crippen LogP contribution is -2.30. The van der Waals surface area contributed by atoms with Crippen molar-refractivity contribution in [3.8, 4) is 10.6 Å². The average Bonchev–Trinajstić information content (AvgIpc) is 3.17. The van der Waals surface area contributed by atoms with Gasteiger partial charge in [-0.1, -0.05) is 29.8 Å². The van der Waals surface area contributed by atoms with Crippen molar-refractivity contribution >= 4 is 40.4 Å². The molecule has 0 atom stereocenters. The minimum atomic E-state index is -0.180. The molecule has 5 nitrogen and oxygen atoms in total. The molecule has 1 heterocycles. The van der Waals surface area contributed by atoms with Gasteiger partial charge in [0.2, 0.25) is 5.91 Å². The number of hydrogen-bond acceptors (Lipinski definition) is 4. The molecule has 0 aliphatic heterocycles. The molecule has 0 aliphatic rings. The molecule has 0 saturated carbocycles. The van der Waals surface area contributed by atoms with Gasteiger partial charge >= 0.3 is 0 Å². The van der Waals surface area contributed by atoms with Gasteiger partial charge in [0.1, 0.15) is 5.01 Å². The van der Waals surface area contributed by atoms with Crippen LogP contribution in [0.5, 0.6) is 0 Å². The third-order valence-corrected chi connectivity index (χ3v) is 5.58. The van der Waals surface area contributed by atoms with E-state index in [1.54, 1.807) is 29.2 Å². The van der Waals surface area contributed by atoms with Crippen LogP contribution in [-0.4, -0.2) is 34.8 Å². The van der Waals surface area contributed by atoms with Crippen molar-refractivity contribution in [1.29, 1.82) is 0 Å². The molecule has 0 unspecified atom stereocenters. The molecule has 0 aliphatic carbocycles. The van der Waals surface area contributed by atoms with Crippen LogP contribution in [0.15, 0.2) is 53.9 Å². The normalized spacial score (nSPS) is 10.6. The maximum atomic E-state index is 12.5. The Labute approximate surface area is 179 Å². The molecule has 1 N–H and O–H groups in total. The Kier molecular flexibility index (Phi) is 7.01. The monoisotopic (exact) mass is 427 g/mol. The number of amides is 2. The van der Waals surface area contributed by atoms with Gasteiger partial charge in [-0.25, -0.2) is 4.98 Å². The molecule has 0 bridgehead atoms. The number of nitrogens with one attached hydrogen (secondary N) is 1. The van der Waals surface area contributed by atoms with E-state index in [2.05, 4.69) is 10.3 Å². The molecule has 0 fully saturated rings. The molecular weight excluding hydrogens is 406 g/mol. The van der Waals surface area contributed by atoms with Gasteiger partial charge in [-0.05, 0) is 44.2 Å². The lowest BCUT2D eigenvalue weighted by molar-refractivity contribution is -0.115. The molecule has 0 saturated heterocycles. The number of nitrogens with zero attached hydrogens (tertiary/aromatic N) is 2. The van der Waals surface area contributed by atoms with Gasteiger partial charge in [0.05, 0.1) is 12.1 Å². The van der Waals surface area contributed by atoms with E-state index < -0.39 is 0 Å². The quantitative estimate of drug-likeness (QED) is 0.568. The smallest absolute Gasteiger partial charge is 0.253 e. The summed E-state index contributed by atoms with van der Waals surface area (Å²) >= 11 is 7.51. The second-order valence-electron chi connectivity index (χ2n) is 6.44. The number of halogens is 1. The van der Waals surface area contributed by atoms with Crippen LogP contribution in [0, 0.1) is 0 Å². The third kappa shape index (κ3) is 5.43. The minimum Gasteiger partial charge on any atom is -0.339 e. The van der Waals surface area contributed by atoms with Gasteiger partial charge < -0.3 is 10.2 Å². The zero-order valence-electron chi connectivity index (χ0n) is 16.3. The fraction of sp³-hybridized carbons (Fsp3) is 0.227. The first-order valence-corrected chi connectivity index (χ1v) is 10.7. The molecule has 7 heteroatoms. The summed E-state index contributed by atoms with van der Waals surface area (Å²) in [5, 5.41) is 6.19. The van der Waals surface area contributed by atoms with Crippen LogP contribution in [0.4, 0.5) is 5.69 Å².